The molecule has 4 rings (SSSR count). The second kappa shape index (κ2) is 4.95. The first-order chi connectivity index (χ1) is 11.2. The SMILES string of the molecule is Cc1c(-c2cccc3c2[nH]c2ccccc23)cccc1[N+](=O)[O-]. The van der Waals surface area contributed by atoms with Crippen LogP contribution in [0.15, 0.2) is 60.7 Å². The van der Waals surface area contributed by atoms with E-state index in [1.54, 1.807) is 19.1 Å². The molecule has 0 radical (unpaired) electrons. The van der Waals surface area contributed by atoms with E-state index in [4.69, 9.17) is 0 Å². The molecule has 0 bridgehead atoms. The minimum atomic E-state index is -0.329. The quantitative estimate of drug-likeness (QED) is 0.408. The molecule has 0 atom stereocenters. The minimum Gasteiger partial charge on any atom is -0.354 e. The first-order valence-corrected chi connectivity index (χ1v) is 7.40. The summed E-state index contributed by atoms with van der Waals surface area (Å²) in [6.45, 7) is 1.80. The smallest absolute Gasteiger partial charge is 0.272 e. The summed E-state index contributed by atoms with van der Waals surface area (Å²) in [5, 5.41) is 13.5. The molecule has 0 aliphatic rings. The van der Waals surface area contributed by atoms with Gasteiger partial charge in [0.25, 0.3) is 5.69 Å². The zero-order chi connectivity index (χ0) is 16.0. The van der Waals surface area contributed by atoms with E-state index in [1.165, 1.54) is 0 Å². The van der Waals surface area contributed by atoms with Gasteiger partial charge in [0.1, 0.15) is 0 Å². The van der Waals surface area contributed by atoms with Gasteiger partial charge in [0.15, 0.2) is 0 Å². The number of hydrogen-bond acceptors (Lipinski definition) is 2. The van der Waals surface area contributed by atoms with Gasteiger partial charge in [-0.3, -0.25) is 10.1 Å². The molecule has 4 heteroatoms. The lowest BCUT2D eigenvalue weighted by atomic mass is 9.97. The molecule has 1 N–H and O–H groups in total. The summed E-state index contributed by atoms with van der Waals surface area (Å²) >= 11 is 0. The average molecular weight is 302 g/mol. The molecule has 4 nitrogen and oxygen atoms in total. The predicted octanol–water partition coefficient (Wildman–Crippen LogP) is 5.20. The summed E-state index contributed by atoms with van der Waals surface area (Å²) in [6, 6.07) is 19.4. The van der Waals surface area contributed by atoms with Crippen LogP contribution in [0, 0.1) is 17.0 Å². The maximum Gasteiger partial charge on any atom is 0.272 e. The van der Waals surface area contributed by atoms with Gasteiger partial charge in [0, 0.05) is 33.5 Å². The number of aromatic amines is 1. The van der Waals surface area contributed by atoms with Crippen LogP contribution >= 0.6 is 0 Å². The molecule has 0 saturated carbocycles. The molecule has 0 unspecified atom stereocenters. The second-order valence-electron chi connectivity index (χ2n) is 5.61. The molecule has 1 heterocycles. The van der Waals surface area contributed by atoms with Crippen LogP contribution in [-0.2, 0) is 0 Å². The van der Waals surface area contributed by atoms with Crippen LogP contribution in [0.5, 0.6) is 0 Å². The highest BCUT2D eigenvalue weighted by atomic mass is 16.6. The van der Waals surface area contributed by atoms with Crippen LogP contribution in [0.25, 0.3) is 32.9 Å². The Hall–Kier alpha value is -3.14. The van der Waals surface area contributed by atoms with Gasteiger partial charge in [-0.05, 0) is 18.6 Å². The highest BCUT2D eigenvalue weighted by molar-refractivity contribution is 6.12. The molecule has 23 heavy (non-hydrogen) atoms. The van der Waals surface area contributed by atoms with Gasteiger partial charge in [-0.2, -0.15) is 0 Å². The molecule has 1 aromatic heterocycles. The number of rotatable bonds is 2. The molecule has 0 spiro atoms. The number of hydrogen-bond donors (Lipinski definition) is 1. The van der Waals surface area contributed by atoms with E-state index in [1.807, 2.05) is 36.4 Å². The molecule has 0 aliphatic heterocycles. The van der Waals surface area contributed by atoms with Crippen molar-refractivity contribution in [3.05, 3.63) is 76.3 Å². The Morgan fingerprint density at radius 3 is 2.39 bits per heavy atom. The third kappa shape index (κ3) is 1.99. The largest absolute Gasteiger partial charge is 0.354 e. The van der Waals surface area contributed by atoms with Gasteiger partial charge in [-0.25, -0.2) is 0 Å². The van der Waals surface area contributed by atoms with Crippen LogP contribution in [0.1, 0.15) is 5.56 Å². The van der Waals surface area contributed by atoms with Crippen molar-refractivity contribution in [3.63, 3.8) is 0 Å². The Labute approximate surface area is 132 Å². The van der Waals surface area contributed by atoms with Crippen molar-refractivity contribution >= 4 is 27.5 Å². The average Bonchev–Trinajstić information content (AvgIpc) is 2.93. The molecule has 0 amide bonds. The van der Waals surface area contributed by atoms with E-state index in [9.17, 15) is 10.1 Å². The fourth-order valence-electron chi connectivity index (χ4n) is 3.21. The highest BCUT2D eigenvalue weighted by Gasteiger charge is 2.17. The van der Waals surface area contributed by atoms with E-state index in [-0.39, 0.29) is 10.6 Å². The Bertz CT molecular complexity index is 1060. The molecule has 0 saturated heterocycles. The van der Waals surface area contributed by atoms with E-state index < -0.39 is 0 Å². The van der Waals surface area contributed by atoms with Crippen LogP contribution in [-0.4, -0.2) is 9.91 Å². The van der Waals surface area contributed by atoms with E-state index in [0.717, 1.165) is 32.9 Å². The predicted molar refractivity (Wildman–Crippen MR) is 92.6 cm³/mol. The van der Waals surface area contributed by atoms with Crippen LogP contribution in [0.2, 0.25) is 0 Å². The zero-order valence-corrected chi connectivity index (χ0v) is 12.5. The zero-order valence-electron chi connectivity index (χ0n) is 12.5. The molecule has 3 aromatic carbocycles. The fourth-order valence-corrected chi connectivity index (χ4v) is 3.21. The Morgan fingerprint density at radius 2 is 1.57 bits per heavy atom. The van der Waals surface area contributed by atoms with Gasteiger partial charge < -0.3 is 4.98 Å². The molecule has 112 valence electrons. The van der Waals surface area contributed by atoms with Crippen LogP contribution < -0.4 is 0 Å². The van der Waals surface area contributed by atoms with Crippen molar-refractivity contribution in [2.24, 2.45) is 0 Å². The van der Waals surface area contributed by atoms with Crippen LogP contribution in [0.4, 0.5) is 5.69 Å². The van der Waals surface area contributed by atoms with E-state index >= 15 is 0 Å². The second-order valence-corrected chi connectivity index (χ2v) is 5.61. The number of nitrogens with one attached hydrogen (secondary N) is 1. The lowest BCUT2D eigenvalue weighted by Gasteiger charge is -2.08. The normalized spacial score (nSPS) is 11.2. The first kappa shape index (κ1) is 13.5. The van der Waals surface area contributed by atoms with Gasteiger partial charge in [-0.1, -0.05) is 48.5 Å². The van der Waals surface area contributed by atoms with Gasteiger partial charge in [-0.15, -0.1) is 0 Å². The van der Waals surface area contributed by atoms with Crippen molar-refractivity contribution in [3.8, 4) is 11.1 Å². The molecular formula is C19H14N2O2. The van der Waals surface area contributed by atoms with Crippen molar-refractivity contribution in [1.82, 2.24) is 4.98 Å². The van der Waals surface area contributed by atoms with Crippen molar-refractivity contribution in [1.29, 1.82) is 0 Å². The maximum absolute atomic E-state index is 11.2. The van der Waals surface area contributed by atoms with Gasteiger partial charge >= 0.3 is 0 Å². The number of nitro groups is 1. The monoisotopic (exact) mass is 302 g/mol. The van der Waals surface area contributed by atoms with Crippen molar-refractivity contribution in [2.75, 3.05) is 0 Å². The number of aromatic nitrogens is 1. The first-order valence-electron chi connectivity index (χ1n) is 7.40. The Kier molecular flexibility index (Phi) is 2.91. The Morgan fingerprint density at radius 1 is 0.870 bits per heavy atom. The van der Waals surface area contributed by atoms with Gasteiger partial charge in [0.05, 0.1) is 10.4 Å². The Balaban J connectivity index is 2.07. The minimum absolute atomic E-state index is 0.149. The lowest BCUT2D eigenvalue weighted by molar-refractivity contribution is -0.385. The highest BCUT2D eigenvalue weighted by Crippen LogP contribution is 2.36. The summed E-state index contributed by atoms with van der Waals surface area (Å²) in [4.78, 5) is 14.3. The summed E-state index contributed by atoms with van der Waals surface area (Å²) < 4.78 is 0. The van der Waals surface area contributed by atoms with Crippen LogP contribution in [0.3, 0.4) is 0 Å². The lowest BCUT2D eigenvalue weighted by Crippen LogP contribution is -1.94. The number of fused-ring (bicyclic) bond motifs is 3. The number of nitro benzene ring substituents is 1. The summed E-state index contributed by atoms with van der Waals surface area (Å²) in [6.07, 6.45) is 0. The maximum atomic E-state index is 11.2. The van der Waals surface area contributed by atoms with Gasteiger partial charge in [0.2, 0.25) is 0 Å². The summed E-state index contributed by atoms with van der Waals surface area (Å²) in [5.74, 6) is 0. The standard InChI is InChI=1S/C19H14N2O2/c1-12-13(7-5-11-18(12)21(22)23)15-8-4-9-16-14-6-2-3-10-17(14)20-19(15)16/h2-11,20H,1H3. The number of benzene rings is 3. The van der Waals surface area contributed by atoms with Crippen molar-refractivity contribution in [2.45, 2.75) is 6.92 Å². The molecule has 0 fully saturated rings. The number of H-pyrrole nitrogens is 1. The molecular weight excluding hydrogens is 288 g/mol. The molecule has 4 aromatic rings. The number of para-hydroxylation sites is 2. The topological polar surface area (TPSA) is 58.9 Å². The van der Waals surface area contributed by atoms with E-state index in [0.29, 0.717) is 5.56 Å². The summed E-state index contributed by atoms with van der Waals surface area (Å²) in [7, 11) is 0. The van der Waals surface area contributed by atoms with Crippen molar-refractivity contribution < 1.29 is 4.92 Å². The fraction of sp³-hybridized carbons (Fsp3) is 0.0526. The van der Waals surface area contributed by atoms with E-state index in [2.05, 4.69) is 17.1 Å². The number of nitrogens with zero attached hydrogens (tertiary/aromatic N) is 1. The molecule has 0 aliphatic carbocycles. The third-order valence-corrected chi connectivity index (χ3v) is 4.33. The summed E-state index contributed by atoms with van der Waals surface area (Å²) in [5.41, 5.74) is 4.78. The third-order valence-electron chi connectivity index (χ3n) is 4.33.